The monoisotopic (exact) mass is 270 g/mol. The Morgan fingerprint density at radius 1 is 1.05 bits per heavy atom. The third-order valence-corrected chi connectivity index (χ3v) is 4.85. The highest BCUT2D eigenvalue weighted by Gasteiger charge is 2.40. The van der Waals surface area contributed by atoms with Gasteiger partial charge in [0.05, 0.1) is 0 Å². The Morgan fingerprint density at radius 3 is 2.40 bits per heavy atom. The van der Waals surface area contributed by atoms with Crippen molar-refractivity contribution in [3.8, 4) is 0 Å². The van der Waals surface area contributed by atoms with Gasteiger partial charge >= 0.3 is 0 Å². The summed E-state index contributed by atoms with van der Waals surface area (Å²) in [6.07, 6.45) is 3.79. The maximum atomic E-state index is 12.7. The molecule has 1 saturated heterocycles. The fourth-order valence-electron chi connectivity index (χ4n) is 3.77. The Kier molecular flexibility index (Phi) is 3.51. The molecule has 1 heterocycles. The zero-order valence-corrected chi connectivity index (χ0v) is 12.4. The minimum absolute atomic E-state index is 0.172. The van der Waals surface area contributed by atoms with Gasteiger partial charge in [0.15, 0.2) is 5.78 Å². The molecule has 0 atom stereocenters. The van der Waals surface area contributed by atoms with Gasteiger partial charge in [-0.3, -0.25) is 4.79 Å². The lowest BCUT2D eigenvalue weighted by Gasteiger charge is -2.40. The van der Waals surface area contributed by atoms with Crippen LogP contribution in [0.1, 0.15) is 43.7 Å². The molecule has 0 bridgehead atoms. The van der Waals surface area contributed by atoms with Gasteiger partial charge in [-0.05, 0) is 49.7 Å². The summed E-state index contributed by atoms with van der Waals surface area (Å²) in [5, 5.41) is 0. The predicted octanol–water partition coefficient (Wildman–Crippen LogP) is 3.93. The number of hydrogen-bond acceptors (Lipinski definition) is 2. The van der Waals surface area contributed by atoms with Crippen molar-refractivity contribution < 1.29 is 9.53 Å². The molecule has 0 amide bonds. The highest BCUT2D eigenvalue weighted by atomic mass is 16.5. The van der Waals surface area contributed by atoms with E-state index in [1.165, 1.54) is 11.1 Å². The average molecular weight is 270 g/mol. The summed E-state index contributed by atoms with van der Waals surface area (Å²) in [5.41, 5.74) is 4.72. The van der Waals surface area contributed by atoms with Gasteiger partial charge in [-0.1, -0.05) is 29.8 Å². The molecule has 1 aliphatic heterocycles. The molecule has 3 rings (SSSR count). The molecule has 0 N–H and O–H groups in total. The second-order valence-corrected chi connectivity index (χ2v) is 6.36. The second kappa shape index (κ2) is 5.17. The van der Waals surface area contributed by atoms with Crippen molar-refractivity contribution in [1.82, 2.24) is 0 Å². The zero-order chi connectivity index (χ0) is 14.2. The van der Waals surface area contributed by atoms with E-state index in [0.29, 0.717) is 12.2 Å². The third kappa shape index (κ3) is 2.33. The number of ether oxygens (including phenoxy) is 1. The average Bonchev–Trinajstić information content (AvgIpc) is 2.41. The van der Waals surface area contributed by atoms with Crippen molar-refractivity contribution in [3.05, 3.63) is 41.0 Å². The van der Waals surface area contributed by atoms with Crippen LogP contribution in [0.5, 0.6) is 0 Å². The largest absolute Gasteiger partial charge is 0.381 e. The molecule has 1 spiro atoms. The molecule has 1 aromatic rings. The first kappa shape index (κ1) is 13.6. The molecule has 20 heavy (non-hydrogen) atoms. The molecular weight excluding hydrogens is 248 g/mol. The van der Waals surface area contributed by atoms with Crippen LogP contribution >= 0.6 is 0 Å². The number of ketones is 1. The van der Waals surface area contributed by atoms with Crippen LogP contribution in [0.2, 0.25) is 0 Å². The Labute approximate surface area is 120 Å². The van der Waals surface area contributed by atoms with Crippen molar-refractivity contribution in [2.45, 2.75) is 39.5 Å². The van der Waals surface area contributed by atoms with Crippen LogP contribution in [0.15, 0.2) is 29.8 Å². The van der Waals surface area contributed by atoms with Gasteiger partial charge in [0, 0.05) is 25.2 Å². The molecule has 1 aromatic carbocycles. The standard InChI is InChI=1S/C18H22O2/c1-13-5-3-4-6-15(13)17-14(2)11-18(12-16(17)19)7-9-20-10-8-18/h3-6H,7-12H2,1-2H3. The molecule has 1 fully saturated rings. The Balaban J connectivity index is 1.98. The third-order valence-electron chi connectivity index (χ3n) is 4.85. The van der Waals surface area contributed by atoms with Crippen LogP contribution in [0.4, 0.5) is 0 Å². The molecule has 2 heteroatoms. The lowest BCUT2D eigenvalue weighted by atomic mass is 9.66. The Hall–Kier alpha value is -1.41. The topological polar surface area (TPSA) is 26.3 Å². The van der Waals surface area contributed by atoms with E-state index >= 15 is 0 Å². The van der Waals surface area contributed by atoms with E-state index in [-0.39, 0.29) is 5.41 Å². The van der Waals surface area contributed by atoms with E-state index in [1.54, 1.807) is 0 Å². The van der Waals surface area contributed by atoms with Crippen LogP contribution in [-0.2, 0) is 9.53 Å². The van der Waals surface area contributed by atoms with Gasteiger partial charge in [-0.2, -0.15) is 0 Å². The number of Topliss-reactive ketones (excluding diaryl/α,β-unsaturated/α-hetero) is 1. The molecule has 0 aromatic heterocycles. The summed E-state index contributed by atoms with van der Waals surface area (Å²) in [5.74, 6) is 0.324. The first-order chi connectivity index (χ1) is 9.61. The minimum atomic E-state index is 0.172. The van der Waals surface area contributed by atoms with Crippen molar-refractivity contribution in [2.24, 2.45) is 5.41 Å². The highest BCUT2D eigenvalue weighted by molar-refractivity contribution is 6.22. The number of allylic oxidation sites excluding steroid dienone is 2. The number of carbonyl (C=O) groups excluding carboxylic acids is 1. The van der Waals surface area contributed by atoms with Crippen LogP contribution in [-0.4, -0.2) is 19.0 Å². The fourth-order valence-corrected chi connectivity index (χ4v) is 3.77. The van der Waals surface area contributed by atoms with Gasteiger partial charge in [-0.25, -0.2) is 0 Å². The van der Waals surface area contributed by atoms with Gasteiger partial charge < -0.3 is 4.74 Å². The summed E-state index contributed by atoms with van der Waals surface area (Å²) in [4.78, 5) is 12.7. The zero-order valence-electron chi connectivity index (χ0n) is 12.4. The van der Waals surface area contributed by atoms with E-state index in [4.69, 9.17) is 4.74 Å². The van der Waals surface area contributed by atoms with Gasteiger partial charge in [0.1, 0.15) is 0 Å². The summed E-state index contributed by atoms with van der Waals surface area (Å²) in [7, 11) is 0. The molecule has 2 aliphatic rings. The molecule has 2 nitrogen and oxygen atoms in total. The molecular formula is C18H22O2. The molecule has 0 saturated carbocycles. The number of carbonyl (C=O) groups is 1. The predicted molar refractivity (Wildman–Crippen MR) is 80.5 cm³/mol. The quantitative estimate of drug-likeness (QED) is 0.773. The van der Waals surface area contributed by atoms with E-state index in [0.717, 1.165) is 43.6 Å². The Bertz CT molecular complexity index is 563. The van der Waals surface area contributed by atoms with Gasteiger partial charge in [-0.15, -0.1) is 0 Å². The number of aryl methyl sites for hydroxylation is 1. The van der Waals surface area contributed by atoms with Crippen molar-refractivity contribution in [1.29, 1.82) is 0 Å². The van der Waals surface area contributed by atoms with E-state index in [9.17, 15) is 4.79 Å². The van der Waals surface area contributed by atoms with E-state index in [1.807, 2.05) is 12.1 Å². The van der Waals surface area contributed by atoms with E-state index < -0.39 is 0 Å². The van der Waals surface area contributed by atoms with Crippen LogP contribution in [0.25, 0.3) is 5.57 Å². The summed E-state index contributed by atoms with van der Waals surface area (Å²) in [6, 6.07) is 8.21. The second-order valence-electron chi connectivity index (χ2n) is 6.36. The Morgan fingerprint density at radius 2 is 1.75 bits per heavy atom. The van der Waals surface area contributed by atoms with Crippen LogP contribution < -0.4 is 0 Å². The van der Waals surface area contributed by atoms with Crippen LogP contribution in [0.3, 0.4) is 0 Å². The first-order valence-corrected chi connectivity index (χ1v) is 7.48. The minimum Gasteiger partial charge on any atom is -0.381 e. The van der Waals surface area contributed by atoms with Crippen molar-refractivity contribution in [2.75, 3.05) is 13.2 Å². The van der Waals surface area contributed by atoms with Crippen molar-refractivity contribution >= 4 is 11.4 Å². The maximum absolute atomic E-state index is 12.7. The van der Waals surface area contributed by atoms with Gasteiger partial charge in [0.2, 0.25) is 0 Å². The number of hydrogen-bond donors (Lipinski definition) is 0. The van der Waals surface area contributed by atoms with Crippen LogP contribution in [0, 0.1) is 12.3 Å². The van der Waals surface area contributed by atoms with E-state index in [2.05, 4.69) is 26.0 Å². The molecule has 0 radical (unpaired) electrons. The summed E-state index contributed by atoms with van der Waals surface area (Å²) in [6.45, 7) is 5.83. The highest BCUT2D eigenvalue weighted by Crippen LogP contribution is 2.47. The lowest BCUT2D eigenvalue weighted by molar-refractivity contribution is -0.118. The summed E-state index contributed by atoms with van der Waals surface area (Å²) < 4.78 is 5.47. The molecule has 0 unspecified atom stereocenters. The smallest absolute Gasteiger partial charge is 0.163 e. The van der Waals surface area contributed by atoms with Gasteiger partial charge in [0.25, 0.3) is 0 Å². The normalized spacial score (nSPS) is 22.4. The van der Waals surface area contributed by atoms with Crippen molar-refractivity contribution in [3.63, 3.8) is 0 Å². The number of rotatable bonds is 1. The molecule has 106 valence electrons. The SMILES string of the molecule is CC1=C(c2ccccc2C)C(=O)CC2(CCOCC2)C1. The molecule has 1 aliphatic carbocycles. The fraction of sp³-hybridized carbons (Fsp3) is 0.500. The number of benzene rings is 1. The summed E-state index contributed by atoms with van der Waals surface area (Å²) >= 11 is 0. The maximum Gasteiger partial charge on any atom is 0.163 e. The lowest BCUT2D eigenvalue weighted by Crippen LogP contribution is -2.35. The first-order valence-electron chi connectivity index (χ1n) is 7.48.